The molecule has 1 atom stereocenters. The number of aliphatic carboxylic acids is 1. The highest BCUT2D eigenvalue weighted by Gasteiger charge is 2.23. The highest BCUT2D eigenvalue weighted by molar-refractivity contribution is 5.72. The van der Waals surface area contributed by atoms with Gasteiger partial charge in [0.15, 0.2) is 0 Å². The summed E-state index contributed by atoms with van der Waals surface area (Å²) in [5, 5.41) is 11.6. The third-order valence-electron chi connectivity index (χ3n) is 2.51. The summed E-state index contributed by atoms with van der Waals surface area (Å²) < 4.78 is 5.15. The van der Waals surface area contributed by atoms with Crippen LogP contribution in [0.4, 0.5) is 4.79 Å². The van der Waals surface area contributed by atoms with Crippen LogP contribution in [0.5, 0.6) is 0 Å². The van der Waals surface area contributed by atoms with Crippen LogP contribution in [0, 0.1) is 6.92 Å². The number of carbonyl (C=O) groups excluding carboxylic acids is 1. The number of nitrogens with zero attached hydrogens (tertiary/aromatic N) is 1. The van der Waals surface area contributed by atoms with Gasteiger partial charge in [-0.05, 0) is 44.9 Å². The van der Waals surface area contributed by atoms with Crippen LogP contribution in [-0.4, -0.2) is 27.8 Å². The lowest BCUT2D eigenvalue weighted by Gasteiger charge is -2.23. The Morgan fingerprint density at radius 2 is 2.10 bits per heavy atom. The predicted octanol–water partition coefficient (Wildman–Crippen LogP) is 2.43. The molecule has 0 radical (unpaired) electrons. The van der Waals surface area contributed by atoms with Crippen molar-refractivity contribution < 1.29 is 19.4 Å². The number of pyridine rings is 1. The number of hydrogen-bond acceptors (Lipinski definition) is 4. The molecular weight excluding hydrogens is 260 g/mol. The number of nitrogens with one attached hydrogen (secondary N) is 1. The number of carboxylic acids is 1. The average Bonchev–Trinajstić information content (AvgIpc) is 2.25. The zero-order chi connectivity index (χ0) is 15.3. The minimum atomic E-state index is -0.998. The first-order valence-corrected chi connectivity index (χ1v) is 6.31. The second kappa shape index (κ2) is 6.36. The van der Waals surface area contributed by atoms with Crippen LogP contribution in [0.3, 0.4) is 0 Å². The number of carboxylic acid groups (broad SMARTS) is 1. The van der Waals surface area contributed by atoms with Gasteiger partial charge in [-0.2, -0.15) is 0 Å². The third-order valence-corrected chi connectivity index (χ3v) is 2.51. The minimum Gasteiger partial charge on any atom is -0.481 e. The molecule has 0 aliphatic rings. The number of hydrogen-bond donors (Lipinski definition) is 2. The molecule has 110 valence electrons. The molecule has 0 aliphatic heterocycles. The standard InChI is InChI=1S/C14H20N2O4/c1-9-8-15-6-5-10(9)11(7-12(17)18)16-13(19)20-14(2,3)4/h5-6,8,11H,7H2,1-4H3,(H,16,19)(H,17,18)/t11-/m1/s1. The van der Waals surface area contributed by atoms with Crippen molar-refractivity contribution in [2.45, 2.75) is 45.8 Å². The SMILES string of the molecule is Cc1cnccc1[C@@H](CC(=O)O)NC(=O)OC(C)(C)C. The van der Waals surface area contributed by atoms with Crippen LogP contribution in [0.25, 0.3) is 0 Å². The van der Waals surface area contributed by atoms with Gasteiger partial charge in [-0.3, -0.25) is 9.78 Å². The first kappa shape index (κ1) is 15.9. The maximum atomic E-state index is 11.8. The van der Waals surface area contributed by atoms with E-state index in [-0.39, 0.29) is 6.42 Å². The molecule has 1 rings (SSSR count). The van der Waals surface area contributed by atoms with Crippen molar-refractivity contribution in [3.8, 4) is 0 Å². The molecule has 6 nitrogen and oxygen atoms in total. The fraction of sp³-hybridized carbons (Fsp3) is 0.500. The number of aromatic nitrogens is 1. The molecule has 0 bridgehead atoms. The topological polar surface area (TPSA) is 88.5 Å². The zero-order valence-corrected chi connectivity index (χ0v) is 12.1. The van der Waals surface area contributed by atoms with E-state index in [2.05, 4.69) is 10.3 Å². The molecule has 1 aromatic heterocycles. The summed E-state index contributed by atoms with van der Waals surface area (Å²) in [5.74, 6) is -0.998. The Bertz CT molecular complexity index is 494. The van der Waals surface area contributed by atoms with Crippen molar-refractivity contribution in [1.82, 2.24) is 10.3 Å². The summed E-state index contributed by atoms with van der Waals surface area (Å²) in [7, 11) is 0. The van der Waals surface area contributed by atoms with E-state index in [0.717, 1.165) is 5.56 Å². The molecule has 0 saturated carbocycles. The van der Waals surface area contributed by atoms with E-state index >= 15 is 0 Å². The summed E-state index contributed by atoms with van der Waals surface area (Å²) in [6, 6.07) is 1.05. The molecule has 0 fully saturated rings. The van der Waals surface area contributed by atoms with Gasteiger partial charge in [0.25, 0.3) is 0 Å². The van der Waals surface area contributed by atoms with Crippen molar-refractivity contribution in [3.05, 3.63) is 29.6 Å². The Balaban J connectivity index is 2.88. The number of rotatable bonds is 4. The van der Waals surface area contributed by atoms with Gasteiger partial charge in [0.1, 0.15) is 5.60 Å². The first-order valence-electron chi connectivity index (χ1n) is 6.31. The number of ether oxygens (including phenoxy) is 1. The molecule has 6 heteroatoms. The lowest BCUT2D eigenvalue weighted by Crippen LogP contribution is -2.36. The molecule has 0 spiro atoms. The van der Waals surface area contributed by atoms with E-state index in [0.29, 0.717) is 5.56 Å². The third kappa shape index (κ3) is 5.26. The quantitative estimate of drug-likeness (QED) is 0.884. The van der Waals surface area contributed by atoms with E-state index in [9.17, 15) is 9.59 Å². The summed E-state index contributed by atoms with van der Waals surface area (Å²) >= 11 is 0. The molecule has 1 amide bonds. The number of aryl methyl sites for hydroxylation is 1. The lowest BCUT2D eigenvalue weighted by atomic mass is 10.0. The Hall–Kier alpha value is -2.11. The highest BCUT2D eigenvalue weighted by Crippen LogP contribution is 2.20. The van der Waals surface area contributed by atoms with Crippen molar-refractivity contribution in [3.63, 3.8) is 0 Å². The van der Waals surface area contributed by atoms with Gasteiger partial charge >= 0.3 is 12.1 Å². The second-order valence-corrected chi connectivity index (χ2v) is 5.53. The van der Waals surface area contributed by atoms with Crippen LogP contribution in [0.1, 0.15) is 44.4 Å². The first-order chi connectivity index (χ1) is 9.19. The fourth-order valence-electron chi connectivity index (χ4n) is 1.74. The highest BCUT2D eigenvalue weighted by atomic mass is 16.6. The summed E-state index contributed by atoms with van der Waals surface area (Å²) in [6.45, 7) is 7.05. The largest absolute Gasteiger partial charge is 0.481 e. The fourth-order valence-corrected chi connectivity index (χ4v) is 1.74. The van der Waals surface area contributed by atoms with E-state index in [4.69, 9.17) is 9.84 Å². The van der Waals surface area contributed by atoms with Crippen LogP contribution in [0.15, 0.2) is 18.5 Å². The van der Waals surface area contributed by atoms with Crippen LogP contribution in [0.2, 0.25) is 0 Å². The van der Waals surface area contributed by atoms with Crippen LogP contribution < -0.4 is 5.32 Å². The van der Waals surface area contributed by atoms with Crippen molar-refractivity contribution in [2.24, 2.45) is 0 Å². The molecule has 1 aromatic rings. The number of alkyl carbamates (subject to hydrolysis) is 1. The summed E-state index contributed by atoms with van der Waals surface area (Å²) in [5.41, 5.74) is 0.897. The maximum absolute atomic E-state index is 11.8. The molecule has 0 saturated heterocycles. The van der Waals surface area contributed by atoms with Crippen molar-refractivity contribution in [1.29, 1.82) is 0 Å². The summed E-state index contributed by atoms with van der Waals surface area (Å²) in [6.07, 6.45) is 2.33. The average molecular weight is 280 g/mol. The van der Waals surface area contributed by atoms with E-state index in [1.165, 1.54) is 0 Å². The second-order valence-electron chi connectivity index (χ2n) is 5.53. The van der Waals surface area contributed by atoms with Gasteiger partial charge in [0, 0.05) is 12.4 Å². The van der Waals surface area contributed by atoms with Crippen molar-refractivity contribution in [2.75, 3.05) is 0 Å². The smallest absolute Gasteiger partial charge is 0.408 e. The van der Waals surface area contributed by atoms with Gasteiger partial charge in [0.05, 0.1) is 12.5 Å². The molecule has 20 heavy (non-hydrogen) atoms. The zero-order valence-electron chi connectivity index (χ0n) is 12.1. The van der Waals surface area contributed by atoms with Gasteiger partial charge < -0.3 is 15.2 Å². The molecule has 1 heterocycles. The van der Waals surface area contributed by atoms with E-state index in [1.54, 1.807) is 39.2 Å². The van der Waals surface area contributed by atoms with Crippen LogP contribution >= 0.6 is 0 Å². The molecular formula is C14H20N2O4. The normalized spacial score (nSPS) is 12.6. The molecule has 2 N–H and O–H groups in total. The molecule has 0 unspecified atom stereocenters. The lowest BCUT2D eigenvalue weighted by molar-refractivity contribution is -0.137. The monoisotopic (exact) mass is 280 g/mol. The van der Waals surface area contributed by atoms with Gasteiger partial charge in [-0.25, -0.2) is 4.79 Å². The maximum Gasteiger partial charge on any atom is 0.408 e. The Labute approximate surface area is 118 Å². The predicted molar refractivity (Wildman–Crippen MR) is 73.3 cm³/mol. The summed E-state index contributed by atoms with van der Waals surface area (Å²) in [4.78, 5) is 26.7. The van der Waals surface area contributed by atoms with Gasteiger partial charge in [0.2, 0.25) is 0 Å². The van der Waals surface area contributed by atoms with E-state index < -0.39 is 23.7 Å². The van der Waals surface area contributed by atoms with Gasteiger partial charge in [-0.1, -0.05) is 0 Å². The molecule has 0 aromatic carbocycles. The Kier molecular flexibility index (Phi) is 5.07. The molecule has 0 aliphatic carbocycles. The Morgan fingerprint density at radius 3 is 2.60 bits per heavy atom. The Morgan fingerprint density at radius 1 is 1.45 bits per heavy atom. The minimum absolute atomic E-state index is 0.218. The van der Waals surface area contributed by atoms with Gasteiger partial charge in [-0.15, -0.1) is 0 Å². The van der Waals surface area contributed by atoms with Crippen molar-refractivity contribution >= 4 is 12.1 Å². The number of carbonyl (C=O) groups is 2. The van der Waals surface area contributed by atoms with Crippen LogP contribution in [-0.2, 0) is 9.53 Å². The van der Waals surface area contributed by atoms with E-state index in [1.807, 2.05) is 6.92 Å². The number of amides is 1.